The molecule has 2 aromatic rings. The maximum Gasteiger partial charge on any atom is 0.279 e. The molecule has 1 aromatic carbocycles. The molecule has 3 rings (SSSR count). The van der Waals surface area contributed by atoms with E-state index in [0.717, 1.165) is 36.2 Å². The van der Waals surface area contributed by atoms with E-state index in [9.17, 15) is 18.3 Å². The highest BCUT2D eigenvalue weighted by Crippen LogP contribution is 2.32. The number of aryl methyl sites for hydroxylation is 1. The largest absolute Gasteiger partial charge is 0.493 e. The number of hydrogen-bond acceptors (Lipinski definition) is 6. The van der Waals surface area contributed by atoms with Crippen molar-refractivity contribution in [2.24, 2.45) is 4.99 Å². The minimum absolute atomic E-state index is 0.206. The van der Waals surface area contributed by atoms with Gasteiger partial charge in [-0.25, -0.2) is 4.99 Å². The second-order valence-corrected chi connectivity index (χ2v) is 9.42. The van der Waals surface area contributed by atoms with Crippen LogP contribution in [0.3, 0.4) is 0 Å². The molecule has 2 N–H and O–H groups in total. The first kappa shape index (κ1) is 19.9. The minimum Gasteiger partial charge on any atom is -0.493 e. The van der Waals surface area contributed by atoms with Gasteiger partial charge >= 0.3 is 0 Å². The second-order valence-electron chi connectivity index (χ2n) is 6.21. The molecule has 27 heavy (non-hydrogen) atoms. The zero-order valence-electron chi connectivity index (χ0n) is 14.5. The number of carbonyl (C=O) groups is 1. The van der Waals surface area contributed by atoms with Crippen LogP contribution in [-0.2, 0) is 27.9 Å². The predicted octanol–water partition coefficient (Wildman–Crippen LogP) is 1.57. The Kier molecular flexibility index (Phi) is 5.61. The van der Waals surface area contributed by atoms with Gasteiger partial charge in [0, 0.05) is 11.8 Å². The number of amides is 1. The molecule has 0 radical (unpaired) electrons. The van der Waals surface area contributed by atoms with Gasteiger partial charge in [-0.15, -0.1) is 11.3 Å². The van der Waals surface area contributed by atoms with E-state index in [2.05, 4.69) is 11.9 Å². The fourth-order valence-corrected chi connectivity index (χ4v) is 4.69. The van der Waals surface area contributed by atoms with Crippen molar-refractivity contribution in [2.75, 3.05) is 5.75 Å². The van der Waals surface area contributed by atoms with Crippen LogP contribution in [0.25, 0.3) is 5.57 Å². The van der Waals surface area contributed by atoms with Crippen molar-refractivity contribution < 1.29 is 22.9 Å². The Balaban J connectivity index is 2.12. The Morgan fingerprint density at radius 1 is 1.33 bits per heavy atom. The summed E-state index contributed by atoms with van der Waals surface area (Å²) in [4.78, 5) is 16.8. The number of aromatic hydroxyl groups is 1. The third kappa shape index (κ3) is 4.18. The van der Waals surface area contributed by atoms with Crippen molar-refractivity contribution in [3.05, 3.63) is 43.2 Å². The fraction of sp³-hybridized carbons (Fsp3) is 0.353. The summed E-state index contributed by atoms with van der Waals surface area (Å²) in [6, 6.07) is 5.63. The highest BCUT2D eigenvalue weighted by molar-refractivity contribution is 7.85. The monoisotopic (exact) mass is 426 g/mol. The lowest BCUT2D eigenvalue weighted by molar-refractivity contribution is -0.112. The second kappa shape index (κ2) is 7.63. The molecule has 10 heteroatoms. The first-order valence-corrected chi connectivity index (χ1v) is 11.2. The highest BCUT2D eigenvalue weighted by Gasteiger charge is 2.25. The molecule has 2 heterocycles. The Labute approximate surface area is 165 Å². The molecule has 0 unspecified atom stereocenters. The average Bonchev–Trinajstić information content (AvgIpc) is 3.05. The molecule has 1 aliphatic heterocycles. The summed E-state index contributed by atoms with van der Waals surface area (Å²) in [6.07, 6.45) is 2.95. The van der Waals surface area contributed by atoms with Crippen molar-refractivity contribution in [1.82, 2.24) is 4.57 Å². The van der Waals surface area contributed by atoms with Gasteiger partial charge in [0.2, 0.25) is 5.88 Å². The highest BCUT2D eigenvalue weighted by atomic mass is 32.2. The van der Waals surface area contributed by atoms with E-state index < -0.39 is 21.8 Å². The quantitative estimate of drug-likeness (QED) is 0.514. The Hall–Kier alpha value is -1.88. The Bertz CT molecular complexity index is 1190. The van der Waals surface area contributed by atoms with Gasteiger partial charge in [0.25, 0.3) is 16.0 Å². The molecule has 0 aliphatic carbocycles. The molecule has 0 saturated carbocycles. The maximum atomic E-state index is 12.5. The van der Waals surface area contributed by atoms with Crippen molar-refractivity contribution in [3.8, 4) is 5.88 Å². The zero-order valence-corrected chi connectivity index (χ0v) is 17.0. The van der Waals surface area contributed by atoms with Gasteiger partial charge in [-0.1, -0.05) is 19.4 Å². The number of carbonyl (C=O) groups excluding carboxylic acids is 1. The molecule has 1 aliphatic rings. The summed E-state index contributed by atoms with van der Waals surface area (Å²) in [5.41, 5.74) is 1.34. The number of hydrogen-bond donors (Lipinski definition) is 2. The van der Waals surface area contributed by atoms with Gasteiger partial charge in [-0.3, -0.25) is 13.9 Å². The first-order valence-electron chi connectivity index (χ1n) is 8.35. The lowest BCUT2D eigenvalue weighted by Gasteiger charge is -2.04. The van der Waals surface area contributed by atoms with E-state index in [1.807, 2.05) is 12.1 Å². The van der Waals surface area contributed by atoms with Gasteiger partial charge in [0.1, 0.15) is 4.88 Å². The first-order chi connectivity index (χ1) is 12.7. The molecule has 0 spiro atoms. The average molecular weight is 427 g/mol. The zero-order chi connectivity index (χ0) is 19.8. The lowest BCUT2D eigenvalue weighted by Crippen LogP contribution is -2.23. The van der Waals surface area contributed by atoms with Gasteiger partial charge in [0.05, 0.1) is 16.7 Å². The smallest absolute Gasteiger partial charge is 0.279 e. The molecular formula is C17H18N2O5S3. The standard InChI is InChI=1S/C17H18N2O5S3/c1-2-3-4-10-5-6-12-11(9-10)13(15(20)18-12)14-16(21)19(17(25)26-14)7-8-27(22,23)24/h5-6,9,21H,2-4,7-8H2,1H3,(H,22,23,24). The lowest BCUT2D eigenvalue weighted by atomic mass is 10.1. The number of rotatable bonds is 7. The van der Waals surface area contributed by atoms with Crippen LogP contribution in [-0.4, -0.2) is 34.3 Å². The molecule has 0 fully saturated rings. The summed E-state index contributed by atoms with van der Waals surface area (Å²) >= 11 is 6.21. The van der Waals surface area contributed by atoms with Crippen LogP contribution in [0, 0.1) is 3.95 Å². The molecule has 0 saturated heterocycles. The molecule has 144 valence electrons. The Morgan fingerprint density at radius 2 is 2.07 bits per heavy atom. The summed E-state index contributed by atoms with van der Waals surface area (Å²) in [5.74, 6) is -1.35. The number of fused-ring (bicyclic) bond motifs is 1. The summed E-state index contributed by atoms with van der Waals surface area (Å²) < 4.78 is 32.3. The molecule has 0 bridgehead atoms. The SMILES string of the molecule is CCCCc1ccc2c(c1)=C(c1sc(=S)n(CCS(=O)(=O)O)c1O)C(=O)N=2. The minimum atomic E-state index is -4.21. The van der Waals surface area contributed by atoms with Crippen molar-refractivity contribution >= 4 is 45.2 Å². The number of nitrogens with zero attached hydrogens (tertiary/aromatic N) is 2. The van der Waals surface area contributed by atoms with Crippen LogP contribution >= 0.6 is 23.6 Å². The van der Waals surface area contributed by atoms with Gasteiger partial charge < -0.3 is 5.11 Å². The number of benzene rings is 1. The van der Waals surface area contributed by atoms with Gasteiger partial charge in [-0.05, 0) is 42.8 Å². The summed E-state index contributed by atoms with van der Waals surface area (Å²) in [7, 11) is -4.21. The number of aromatic nitrogens is 1. The van der Waals surface area contributed by atoms with E-state index in [0.29, 0.717) is 10.6 Å². The Morgan fingerprint density at radius 3 is 2.74 bits per heavy atom. The molecule has 1 aromatic heterocycles. The molecule has 1 amide bonds. The van der Waals surface area contributed by atoms with Gasteiger partial charge in [-0.2, -0.15) is 8.42 Å². The van der Waals surface area contributed by atoms with Crippen LogP contribution in [0.2, 0.25) is 0 Å². The molecular weight excluding hydrogens is 408 g/mol. The van der Waals surface area contributed by atoms with Crippen molar-refractivity contribution in [1.29, 1.82) is 0 Å². The van der Waals surface area contributed by atoms with E-state index in [-0.39, 0.29) is 26.8 Å². The number of unbranched alkanes of at least 4 members (excludes halogenated alkanes) is 1. The van der Waals surface area contributed by atoms with E-state index in [1.54, 1.807) is 6.07 Å². The number of thiazole rings is 1. The third-order valence-electron chi connectivity index (χ3n) is 4.25. The van der Waals surface area contributed by atoms with Crippen LogP contribution in [0.15, 0.2) is 23.2 Å². The van der Waals surface area contributed by atoms with E-state index in [4.69, 9.17) is 16.8 Å². The van der Waals surface area contributed by atoms with Crippen LogP contribution in [0.1, 0.15) is 30.2 Å². The normalized spacial score (nSPS) is 13.7. The fourth-order valence-electron chi connectivity index (χ4n) is 2.88. The third-order valence-corrected chi connectivity index (χ3v) is 6.41. The van der Waals surface area contributed by atoms with E-state index >= 15 is 0 Å². The van der Waals surface area contributed by atoms with Crippen molar-refractivity contribution in [3.63, 3.8) is 0 Å². The van der Waals surface area contributed by atoms with E-state index in [1.165, 1.54) is 4.57 Å². The predicted molar refractivity (Wildman–Crippen MR) is 105 cm³/mol. The molecule has 0 atom stereocenters. The maximum absolute atomic E-state index is 12.5. The van der Waals surface area contributed by atoms with Crippen molar-refractivity contribution in [2.45, 2.75) is 32.7 Å². The van der Waals surface area contributed by atoms with Crippen LogP contribution in [0.4, 0.5) is 0 Å². The van der Waals surface area contributed by atoms with Crippen LogP contribution in [0.5, 0.6) is 5.88 Å². The van der Waals surface area contributed by atoms with Gasteiger partial charge in [0.15, 0.2) is 3.95 Å². The molecule has 7 nitrogen and oxygen atoms in total. The summed E-state index contributed by atoms with van der Waals surface area (Å²) in [5, 5.41) is 11.7. The summed E-state index contributed by atoms with van der Waals surface area (Å²) in [6.45, 7) is 1.89. The topological polar surface area (TPSA) is 109 Å². The van der Waals surface area contributed by atoms with Crippen LogP contribution < -0.4 is 10.6 Å².